The van der Waals surface area contributed by atoms with E-state index in [1.54, 1.807) is 34.5 Å². The maximum Gasteiger partial charge on any atom is 0.323 e. The Balaban J connectivity index is 1.32. The summed E-state index contributed by atoms with van der Waals surface area (Å²) < 4.78 is 51.2. The number of nitrogens with one attached hydrogen (secondary N) is 2. The number of ether oxygens (including phenoxy) is 6. The lowest BCUT2D eigenvalue weighted by molar-refractivity contribution is 0.220. The van der Waals surface area contributed by atoms with Gasteiger partial charge in [-0.3, -0.25) is 9.80 Å². The van der Waals surface area contributed by atoms with Crippen LogP contribution in [0.5, 0.6) is 46.0 Å². The van der Waals surface area contributed by atoms with Crippen LogP contribution in [0, 0.1) is 5.82 Å². The van der Waals surface area contributed by atoms with Crippen molar-refractivity contribution in [3.63, 3.8) is 0 Å². The highest BCUT2D eigenvalue weighted by molar-refractivity contribution is 6.00. The van der Waals surface area contributed by atoms with Gasteiger partial charge in [0.2, 0.25) is 5.75 Å². The van der Waals surface area contributed by atoms with Gasteiger partial charge < -0.3 is 39.1 Å². The molecule has 0 saturated heterocycles. The average molecular weight is 775 g/mol. The third kappa shape index (κ3) is 7.50. The Kier molecular flexibility index (Phi) is 10.6. The van der Waals surface area contributed by atoms with E-state index in [-0.39, 0.29) is 12.1 Å². The van der Waals surface area contributed by atoms with Crippen LogP contribution < -0.4 is 39.1 Å². The molecule has 5 aromatic carbocycles. The molecular formula is C45H47FN4O7. The summed E-state index contributed by atoms with van der Waals surface area (Å²) in [6.07, 6.45) is 2.82. The van der Waals surface area contributed by atoms with Gasteiger partial charge in [-0.2, -0.15) is 0 Å². The lowest BCUT2D eigenvalue weighted by Gasteiger charge is -2.37. The smallest absolute Gasteiger partial charge is 0.323 e. The van der Waals surface area contributed by atoms with Crippen molar-refractivity contribution in [2.75, 3.05) is 66.3 Å². The maximum atomic E-state index is 13.7. The van der Waals surface area contributed by atoms with Crippen molar-refractivity contribution in [1.82, 2.24) is 9.80 Å². The van der Waals surface area contributed by atoms with Crippen LogP contribution in [0.1, 0.15) is 45.5 Å². The van der Waals surface area contributed by atoms with Crippen molar-refractivity contribution in [2.45, 2.75) is 37.8 Å². The minimum atomic E-state index is -0.500. The standard InChI is InChI=1S/C45H47FN4O7/c1-49-17-15-27-21-37(52-3)40-24-33(27)35(49)19-26-7-13-32(14-8-26)56-39-23-29(34(25-38(39)53-4)48-45(51)47-31-11-9-30(46)10-12-31)20-36-42-28(16-18-50(36)2)22-41(54-5)43(55-6)44(42)57-40/h7-14,21-25,35-36H,15-20H2,1-6H3,(H2,47,48,51)/t35-,36-/m0/s1. The lowest BCUT2D eigenvalue weighted by Crippen LogP contribution is -2.34. The topological polar surface area (TPSA) is 103 Å². The van der Waals surface area contributed by atoms with Crippen LogP contribution in [-0.4, -0.2) is 71.5 Å². The van der Waals surface area contributed by atoms with Gasteiger partial charge in [0.05, 0.1) is 28.4 Å². The van der Waals surface area contributed by atoms with E-state index < -0.39 is 11.8 Å². The SMILES string of the molecule is COc1cc(NC(=O)Nc2ccc(F)cc2)c2cc1Oc1ccc(cc1)C[C@H]1c3cc(c(OC)cc3CCN1C)Oc1c(OC)c(OC)cc3c1[C@H](C2)N(C)CC3. The van der Waals surface area contributed by atoms with E-state index >= 15 is 0 Å². The zero-order chi connectivity index (χ0) is 39.8. The summed E-state index contributed by atoms with van der Waals surface area (Å²) in [5.41, 5.74) is 7.29. The zero-order valence-electron chi connectivity index (χ0n) is 33.0. The van der Waals surface area contributed by atoms with Crippen LogP contribution in [-0.2, 0) is 25.7 Å². The summed E-state index contributed by atoms with van der Waals surface area (Å²) in [7, 11) is 10.7. The number of nitrogens with zero attached hydrogens (tertiary/aromatic N) is 2. The number of anilines is 2. The van der Waals surface area contributed by atoms with Crippen LogP contribution in [0.25, 0.3) is 0 Å². The van der Waals surface area contributed by atoms with Gasteiger partial charge in [-0.15, -0.1) is 0 Å². The van der Waals surface area contributed by atoms with Crippen molar-refractivity contribution < 1.29 is 37.6 Å². The number of amides is 2. The van der Waals surface area contributed by atoms with E-state index in [4.69, 9.17) is 28.4 Å². The predicted octanol–water partition coefficient (Wildman–Crippen LogP) is 8.95. The van der Waals surface area contributed by atoms with Crippen molar-refractivity contribution >= 4 is 17.4 Å². The Morgan fingerprint density at radius 3 is 2.04 bits per heavy atom. The molecule has 12 heteroatoms. The molecule has 4 aliphatic heterocycles. The molecule has 0 aromatic heterocycles. The number of rotatable bonds is 6. The summed E-state index contributed by atoms with van der Waals surface area (Å²) >= 11 is 0. The highest BCUT2D eigenvalue weighted by atomic mass is 19.1. The molecule has 5 aromatic rings. The molecule has 0 radical (unpaired) electrons. The van der Waals surface area contributed by atoms with E-state index in [0.29, 0.717) is 63.8 Å². The maximum absolute atomic E-state index is 13.7. The molecule has 2 atom stereocenters. The molecule has 11 nitrogen and oxygen atoms in total. The van der Waals surface area contributed by atoms with Crippen molar-refractivity contribution in [3.05, 3.63) is 118 Å². The molecule has 9 rings (SSSR count). The first-order valence-corrected chi connectivity index (χ1v) is 19.0. The quantitative estimate of drug-likeness (QED) is 0.175. The second-order valence-corrected chi connectivity index (χ2v) is 14.7. The minimum Gasteiger partial charge on any atom is -0.493 e. The van der Waals surface area contributed by atoms with Crippen molar-refractivity contribution in [3.8, 4) is 46.0 Å². The van der Waals surface area contributed by atoms with E-state index in [1.165, 1.54) is 35.4 Å². The number of carbonyl (C=O) groups is 1. The fourth-order valence-electron chi connectivity index (χ4n) is 8.28. The number of carbonyl (C=O) groups excluding carboxylic acids is 1. The van der Waals surface area contributed by atoms with Crippen LogP contribution in [0.2, 0.25) is 0 Å². The molecule has 0 saturated carbocycles. The van der Waals surface area contributed by atoms with Gasteiger partial charge in [0.1, 0.15) is 11.6 Å². The van der Waals surface area contributed by atoms with Gasteiger partial charge >= 0.3 is 6.03 Å². The third-order valence-electron chi connectivity index (χ3n) is 11.3. The van der Waals surface area contributed by atoms with Crippen molar-refractivity contribution in [1.29, 1.82) is 0 Å². The summed E-state index contributed by atoms with van der Waals surface area (Å²) in [5.74, 6) is 3.95. The Labute approximate surface area is 332 Å². The molecule has 0 fully saturated rings. The number of halogens is 1. The third-order valence-corrected chi connectivity index (χ3v) is 11.3. The first kappa shape index (κ1) is 37.9. The molecule has 296 valence electrons. The normalized spacial score (nSPS) is 17.5. The average Bonchev–Trinajstić information content (AvgIpc) is 3.21. The summed E-state index contributed by atoms with van der Waals surface area (Å²) in [6.45, 7) is 1.66. The van der Waals surface area contributed by atoms with Crippen molar-refractivity contribution in [2.24, 2.45) is 0 Å². The zero-order valence-corrected chi connectivity index (χ0v) is 33.0. The molecule has 4 aliphatic rings. The first-order chi connectivity index (χ1) is 27.7. The monoisotopic (exact) mass is 774 g/mol. The van der Waals surface area contributed by atoms with E-state index in [1.807, 2.05) is 24.3 Å². The largest absolute Gasteiger partial charge is 0.493 e. The fraction of sp³-hybridized carbons (Fsp3) is 0.311. The highest BCUT2D eigenvalue weighted by Crippen LogP contribution is 2.52. The molecule has 6 bridgehead atoms. The second-order valence-electron chi connectivity index (χ2n) is 14.7. The number of fused-ring (bicyclic) bond motifs is 2. The molecule has 0 unspecified atom stereocenters. The molecular weight excluding hydrogens is 728 g/mol. The summed E-state index contributed by atoms with van der Waals surface area (Å²) in [5, 5.41) is 5.84. The molecule has 2 N–H and O–H groups in total. The number of urea groups is 1. The fourth-order valence-corrected chi connectivity index (χ4v) is 8.28. The van der Waals surface area contributed by atoms with Gasteiger partial charge in [-0.05, 0) is 128 Å². The van der Waals surface area contributed by atoms with Crippen LogP contribution in [0.3, 0.4) is 0 Å². The summed E-state index contributed by atoms with van der Waals surface area (Å²) in [4.78, 5) is 18.2. The Morgan fingerprint density at radius 2 is 1.33 bits per heavy atom. The number of likely N-dealkylation sites (N-methyl/N-ethyl adjacent to an activating group) is 2. The van der Waals surface area contributed by atoms with Gasteiger partial charge in [0.25, 0.3) is 0 Å². The first-order valence-electron chi connectivity index (χ1n) is 19.0. The lowest BCUT2D eigenvalue weighted by atomic mass is 9.86. The number of benzene rings is 5. The number of hydrogen-bond acceptors (Lipinski definition) is 9. The van der Waals surface area contributed by atoms with E-state index in [2.05, 4.69) is 58.8 Å². The van der Waals surface area contributed by atoms with Crippen LogP contribution >= 0.6 is 0 Å². The van der Waals surface area contributed by atoms with Gasteiger partial charge in [0.15, 0.2) is 34.5 Å². The summed E-state index contributed by atoms with van der Waals surface area (Å²) in [6, 6.07) is 23.0. The number of methoxy groups -OCH3 is 4. The Hall–Kier alpha value is -5.98. The molecule has 2 amide bonds. The molecule has 0 spiro atoms. The van der Waals surface area contributed by atoms with E-state index in [0.717, 1.165) is 54.6 Å². The minimum absolute atomic E-state index is 0.0932. The Morgan fingerprint density at radius 1 is 0.684 bits per heavy atom. The molecule has 57 heavy (non-hydrogen) atoms. The number of hydrogen-bond donors (Lipinski definition) is 2. The highest BCUT2D eigenvalue weighted by Gasteiger charge is 2.35. The van der Waals surface area contributed by atoms with Gasteiger partial charge in [-0.25, -0.2) is 9.18 Å². The van der Waals surface area contributed by atoms with Crippen LogP contribution in [0.4, 0.5) is 20.6 Å². The molecule has 4 heterocycles. The Bertz CT molecular complexity index is 2300. The predicted molar refractivity (Wildman–Crippen MR) is 217 cm³/mol. The second kappa shape index (κ2) is 15.9. The van der Waals surface area contributed by atoms with Gasteiger partial charge in [0, 0.05) is 48.2 Å². The molecule has 0 aliphatic carbocycles. The van der Waals surface area contributed by atoms with E-state index in [9.17, 15) is 9.18 Å². The van der Waals surface area contributed by atoms with Gasteiger partial charge in [-0.1, -0.05) is 12.1 Å². The van der Waals surface area contributed by atoms with Crippen LogP contribution in [0.15, 0.2) is 78.9 Å².